The number of benzene rings is 2. The summed E-state index contributed by atoms with van der Waals surface area (Å²) in [6, 6.07) is 18.4. The number of aliphatic imine (C=N–C) groups is 1. The van der Waals surface area contributed by atoms with Gasteiger partial charge in [-0.15, -0.1) is 0 Å². The Kier molecular flexibility index (Phi) is 6.70. The van der Waals surface area contributed by atoms with Crippen LogP contribution >= 0.6 is 0 Å². The first-order valence-electron chi connectivity index (χ1n) is 10.3. The van der Waals surface area contributed by atoms with Crippen molar-refractivity contribution in [3.05, 3.63) is 71.5 Å². The molecule has 5 heteroatoms. The van der Waals surface area contributed by atoms with Crippen LogP contribution in [0.15, 0.2) is 65.3 Å². The number of hydrogen-bond acceptors (Lipinski definition) is 4. The molecule has 3 rings (SSSR count). The SMILES string of the molecule is CCN1C(=O)C(=Cc2ccc(N(CC)CC)cc2)OC1=NC(C)c1ccccc1. The fourth-order valence-corrected chi connectivity index (χ4v) is 3.38. The lowest BCUT2D eigenvalue weighted by atomic mass is 10.1. The van der Waals surface area contributed by atoms with Crippen LogP contribution in [-0.2, 0) is 9.53 Å². The quantitative estimate of drug-likeness (QED) is 0.633. The van der Waals surface area contributed by atoms with Crippen LogP contribution < -0.4 is 4.90 Å². The molecule has 1 amide bonds. The normalized spacial score (nSPS) is 17.7. The second-order valence-electron chi connectivity index (χ2n) is 6.92. The molecule has 2 aromatic carbocycles. The topological polar surface area (TPSA) is 45.1 Å². The maximum absolute atomic E-state index is 12.8. The van der Waals surface area contributed by atoms with Gasteiger partial charge in [0.1, 0.15) is 0 Å². The van der Waals surface area contributed by atoms with E-state index in [1.54, 1.807) is 11.0 Å². The van der Waals surface area contributed by atoms with Gasteiger partial charge in [-0.1, -0.05) is 42.5 Å². The Hall–Kier alpha value is -3.08. The maximum atomic E-state index is 12.8. The van der Waals surface area contributed by atoms with Crippen LogP contribution in [0.5, 0.6) is 0 Å². The molecule has 1 saturated heterocycles. The van der Waals surface area contributed by atoms with Crippen LogP contribution in [0.2, 0.25) is 0 Å². The number of nitrogens with zero attached hydrogens (tertiary/aromatic N) is 3. The monoisotopic (exact) mass is 391 g/mol. The van der Waals surface area contributed by atoms with Crippen LogP contribution in [0.1, 0.15) is 44.9 Å². The van der Waals surface area contributed by atoms with Crippen molar-refractivity contribution in [2.75, 3.05) is 24.5 Å². The van der Waals surface area contributed by atoms with Crippen molar-refractivity contribution < 1.29 is 9.53 Å². The minimum Gasteiger partial charge on any atom is -0.420 e. The first kappa shape index (κ1) is 20.6. The van der Waals surface area contributed by atoms with Gasteiger partial charge in [0.25, 0.3) is 5.91 Å². The lowest BCUT2D eigenvalue weighted by Gasteiger charge is -2.20. The van der Waals surface area contributed by atoms with Crippen molar-refractivity contribution in [2.45, 2.75) is 33.7 Å². The fraction of sp³-hybridized carbons (Fsp3) is 0.333. The van der Waals surface area contributed by atoms with E-state index < -0.39 is 0 Å². The van der Waals surface area contributed by atoms with Gasteiger partial charge in [0.15, 0.2) is 5.76 Å². The Morgan fingerprint density at radius 2 is 1.69 bits per heavy atom. The van der Waals surface area contributed by atoms with Gasteiger partial charge in [-0.25, -0.2) is 4.99 Å². The predicted octanol–water partition coefficient (Wildman–Crippen LogP) is 4.87. The van der Waals surface area contributed by atoms with Crippen LogP contribution in [0.25, 0.3) is 6.08 Å². The molecule has 0 radical (unpaired) electrons. The summed E-state index contributed by atoms with van der Waals surface area (Å²) in [6.07, 6.45) is 1.78. The third kappa shape index (κ3) is 4.67. The summed E-state index contributed by atoms with van der Waals surface area (Å²) in [6.45, 7) is 10.6. The molecule has 0 saturated carbocycles. The van der Waals surface area contributed by atoms with Crippen molar-refractivity contribution in [3.63, 3.8) is 0 Å². The van der Waals surface area contributed by atoms with Crippen molar-refractivity contribution in [1.29, 1.82) is 0 Å². The van der Waals surface area contributed by atoms with Crippen molar-refractivity contribution >= 4 is 23.7 Å². The largest absolute Gasteiger partial charge is 0.420 e. The van der Waals surface area contributed by atoms with E-state index in [1.165, 1.54) is 5.69 Å². The second-order valence-corrected chi connectivity index (χ2v) is 6.92. The van der Waals surface area contributed by atoms with Gasteiger partial charge in [-0.3, -0.25) is 9.69 Å². The highest BCUT2D eigenvalue weighted by Gasteiger charge is 2.34. The van der Waals surface area contributed by atoms with Crippen molar-refractivity contribution in [1.82, 2.24) is 4.90 Å². The number of hydrogen-bond donors (Lipinski definition) is 0. The molecule has 2 aromatic rings. The molecule has 1 aliphatic heterocycles. The van der Waals surface area contributed by atoms with Crippen molar-refractivity contribution in [2.24, 2.45) is 4.99 Å². The van der Waals surface area contributed by atoms with E-state index in [4.69, 9.17) is 4.74 Å². The lowest BCUT2D eigenvalue weighted by Crippen LogP contribution is -2.29. The molecule has 5 nitrogen and oxygen atoms in total. The van der Waals surface area contributed by atoms with Crippen LogP contribution in [0.4, 0.5) is 5.69 Å². The molecule has 1 unspecified atom stereocenters. The Morgan fingerprint density at radius 1 is 1.03 bits per heavy atom. The van der Waals surface area contributed by atoms with Gasteiger partial charge in [0, 0.05) is 25.3 Å². The number of ether oxygens (including phenoxy) is 1. The highest BCUT2D eigenvalue weighted by atomic mass is 16.5. The van der Waals surface area contributed by atoms with Crippen LogP contribution in [0, 0.1) is 0 Å². The third-order valence-corrected chi connectivity index (χ3v) is 5.11. The Morgan fingerprint density at radius 3 is 2.28 bits per heavy atom. The number of rotatable bonds is 7. The number of likely N-dealkylation sites (N-methyl/N-ethyl adjacent to an activating group) is 1. The highest BCUT2D eigenvalue weighted by Crippen LogP contribution is 2.24. The number of carbonyl (C=O) groups is 1. The Labute approximate surface area is 173 Å². The zero-order valence-corrected chi connectivity index (χ0v) is 17.6. The number of amides is 1. The molecular weight excluding hydrogens is 362 g/mol. The Bertz CT molecular complexity index is 884. The van der Waals surface area contributed by atoms with Crippen LogP contribution in [-0.4, -0.2) is 36.5 Å². The summed E-state index contributed by atoms with van der Waals surface area (Å²) in [5.74, 6) is 0.154. The minimum atomic E-state index is -0.153. The first-order valence-corrected chi connectivity index (χ1v) is 10.3. The second kappa shape index (κ2) is 9.41. The van der Waals surface area contributed by atoms with Gasteiger partial charge < -0.3 is 9.64 Å². The lowest BCUT2D eigenvalue weighted by molar-refractivity contribution is -0.122. The zero-order valence-electron chi connectivity index (χ0n) is 17.6. The molecule has 0 aromatic heterocycles. The molecule has 0 aliphatic carbocycles. The zero-order chi connectivity index (χ0) is 20.8. The van der Waals surface area contributed by atoms with Gasteiger partial charge in [0.05, 0.1) is 6.04 Å². The summed E-state index contributed by atoms with van der Waals surface area (Å²) in [7, 11) is 0. The average molecular weight is 392 g/mol. The molecule has 1 atom stereocenters. The average Bonchev–Trinajstić information content (AvgIpc) is 3.04. The third-order valence-electron chi connectivity index (χ3n) is 5.11. The molecule has 0 N–H and O–H groups in total. The molecule has 29 heavy (non-hydrogen) atoms. The summed E-state index contributed by atoms with van der Waals surface area (Å²) >= 11 is 0. The number of anilines is 1. The molecule has 1 heterocycles. The van der Waals surface area contributed by atoms with Gasteiger partial charge in [0.2, 0.25) is 0 Å². The van der Waals surface area contributed by atoms with E-state index in [-0.39, 0.29) is 11.9 Å². The molecule has 1 aliphatic rings. The number of amidine groups is 1. The fourth-order valence-electron chi connectivity index (χ4n) is 3.38. The summed E-state index contributed by atoms with van der Waals surface area (Å²) in [5, 5.41) is 0. The molecule has 0 spiro atoms. The van der Waals surface area contributed by atoms with E-state index >= 15 is 0 Å². The van der Waals surface area contributed by atoms with E-state index in [9.17, 15) is 4.79 Å². The standard InChI is InChI=1S/C24H29N3O2/c1-5-26(6-2)21-15-13-19(14-16-21)17-22-23(28)27(7-3)24(29-22)25-18(4)20-11-9-8-10-12-20/h8-18H,5-7H2,1-4H3. The van der Waals surface area contributed by atoms with Crippen LogP contribution in [0.3, 0.4) is 0 Å². The minimum absolute atomic E-state index is 0.0965. The molecule has 152 valence electrons. The van der Waals surface area contributed by atoms with E-state index in [0.717, 1.165) is 24.2 Å². The predicted molar refractivity (Wildman–Crippen MR) is 119 cm³/mol. The smallest absolute Gasteiger partial charge is 0.300 e. The van der Waals surface area contributed by atoms with E-state index in [1.807, 2.05) is 56.3 Å². The molecule has 1 fully saturated rings. The summed E-state index contributed by atoms with van der Waals surface area (Å²) in [4.78, 5) is 21.3. The highest BCUT2D eigenvalue weighted by molar-refractivity contribution is 6.11. The Balaban J connectivity index is 1.82. The summed E-state index contributed by atoms with van der Waals surface area (Å²) < 4.78 is 5.87. The molecule has 0 bridgehead atoms. The number of carbonyl (C=O) groups excluding carboxylic acids is 1. The maximum Gasteiger partial charge on any atom is 0.300 e. The molecular formula is C24H29N3O2. The van der Waals surface area contributed by atoms with E-state index in [2.05, 4.69) is 35.9 Å². The van der Waals surface area contributed by atoms with E-state index in [0.29, 0.717) is 18.3 Å². The van der Waals surface area contributed by atoms with Crippen molar-refractivity contribution in [3.8, 4) is 0 Å². The van der Waals surface area contributed by atoms with Gasteiger partial charge in [-0.05, 0) is 57.0 Å². The van der Waals surface area contributed by atoms with Gasteiger partial charge >= 0.3 is 6.02 Å². The first-order chi connectivity index (χ1) is 14.1. The summed E-state index contributed by atoms with van der Waals surface area (Å²) in [5.41, 5.74) is 3.18. The van der Waals surface area contributed by atoms with Gasteiger partial charge in [-0.2, -0.15) is 0 Å².